The zero-order valence-electron chi connectivity index (χ0n) is 11.0. The number of thiol groups is 1. The van der Waals surface area contributed by atoms with Gasteiger partial charge in [0.25, 0.3) is 0 Å². The molecule has 0 aromatic heterocycles. The molecule has 116 valence electrons. The minimum atomic E-state index is -2.74. The van der Waals surface area contributed by atoms with Crippen LogP contribution in [0.4, 0.5) is 26.2 Å². The van der Waals surface area contributed by atoms with Gasteiger partial charge in [-0.2, -0.15) is 0 Å². The molecule has 2 amide bonds. The summed E-state index contributed by atoms with van der Waals surface area (Å²) in [5, 5.41) is 4.88. The van der Waals surface area contributed by atoms with Crippen LogP contribution in [0.1, 0.15) is 0 Å². The molecular formula is C13H11BrFN3O3S. The lowest BCUT2D eigenvalue weighted by Gasteiger charge is -2.09. The molecule has 0 aliphatic heterocycles. The van der Waals surface area contributed by atoms with Crippen LogP contribution in [-0.2, 0) is 10.9 Å². The monoisotopic (exact) mass is 387 g/mol. The van der Waals surface area contributed by atoms with E-state index in [1.165, 1.54) is 36.4 Å². The first-order valence-corrected chi connectivity index (χ1v) is 7.95. The molecule has 0 atom stereocenters. The van der Waals surface area contributed by atoms with E-state index in [9.17, 15) is 17.6 Å². The number of halogens is 2. The first-order chi connectivity index (χ1) is 10.4. The van der Waals surface area contributed by atoms with Crippen LogP contribution in [0.25, 0.3) is 0 Å². The molecule has 0 radical (unpaired) electrons. The Hall–Kier alpha value is -2.13. The molecule has 2 rings (SSSR count). The fraction of sp³-hybridized carbons (Fsp3) is 0. The summed E-state index contributed by atoms with van der Waals surface area (Å²) in [6.07, 6.45) is 0. The number of nitrogens with one attached hydrogen (secondary N) is 3. The van der Waals surface area contributed by atoms with E-state index in [2.05, 4.69) is 31.3 Å². The first-order valence-electron chi connectivity index (χ1n) is 5.98. The number of carbonyl (C=O) groups excluding carboxylic acids is 1. The normalized spacial score (nSPS) is 10.3. The van der Waals surface area contributed by atoms with E-state index in [1.54, 1.807) is 6.07 Å². The molecule has 3 N–H and O–H groups in total. The van der Waals surface area contributed by atoms with Gasteiger partial charge in [0.15, 0.2) is 0 Å². The highest BCUT2D eigenvalue weighted by Gasteiger charge is 2.07. The van der Waals surface area contributed by atoms with Gasteiger partial charge in [0, 0.05) is 15.8 Å². The topological polar surface area (TPSA) is 87.3 Å². The minimum absolute atomic E-state index is 0.0438. The van der Waals surface area contributed by atoms with Crippen molar-refractivity contribution in [3.05, 3.63) is 52.8 Å². The molecule has 0 aliphatic rings. The Balaban J connectivity index is 1.99. The smallest absolute Gasteiger partial charge is 0.308 e. The average molecular weight is 388 g/mol. The van der Waals surface area contributed by atoms with E-state index in [4.69, 9.17) is 0 Å². The van der Waals surface area contributed by atoms with Gasteiger partial charge in [-0.05, 0) is 42.5 Å². The van der Waals surface area contributed by atoms with Gasteiger partial charge in [-0.3, -0.25) is 4.72 Å². The van der Waals surface area contributed by atoms with Crippen molar-refractivity contribution in [1.82, 2.24) is 0 Å². The molecule has 0 spiro atoms. The van der Waals surface area contributed by atoms with E-state index < -0.39 is 22.7 Å². The Kier molecular flexibility index (Phi) is 5.34. The molecule has 2 aromatic rings. The maximum absolute atomic E-state index is 13.6. The Labute approximate surface area is 135 Å². The maximum atomic E-state index is 13.6. The maximum Gasteiger partial charge on any atom is 0.323 e. The number of benzene rings is 2. The van der Waals surface area contributed by atoms with Crippen LogP contribution in [0, 0.1) is 5.82 Å². The van der Waals surface area contributed by atoms with Crippen molar-refractivity contribution >= 4 is 49.9 Å². The lowest BCUT2D eigenvalue weighted by atomic mass is 10.3. The van der Waals surface area contributed by atoms with Gasteiger partial charge >= 0.3 is 6.03 Å². The molecule has 0 unspecified atom stereocenters. The lowest BCUT2D eigenvalue weighted by Crippen LogP contribution is -2.20. The SMILES string of the molecule is O=C(Nc1ccc(N[SH](=O)=O)cc1)Nc1ccc(Br)cc1F. The van der Waals surface area contributed by atoms with Crippen LogP contribution < -0.4 is 15.4 Å². The number of anilines is 3. The zero-order valence-corrected chi connectivity index (χ0v) is 13.4. The van der Waals surface area contributed by atoms with Gasteiger partial charge < -0.3 is 10.6 Å². The van der Waals surface area contributed by atoms with Crippen LogP contribution in [0.2, 0.25) is 0 Å². The van der Waals surface area contributed by atoms with Crippen molar-refractivity contribution in [3.8, 4) is 0 Å². The summed E-state index contributed by atoms with van der Waals surface area (Å²) in [7, 11) is -2.74. The summed E-state index contributed by atoms with van der Waals surface area (Å²) in [5.41, 5.74) is 0.852. The molecule has 6 nitrogen and oxygen atoms in total. The summed E-state index contributed by atoms with van der Waals surface area (Å²) in [6.45, 7) is 0. The largest absolute Gasteiger partial charge is 0.323 e. The third-order valence-electron chi connectivity index (χ3n) is 2.54. The van der Waals surface area contributed by atoms with E-state index in [1.807, 2.05) is 0 Å². The Morgan fingerprint density at radius 3 is 2.23 bits per heavy atom. The van der Waals surface area contributed by atoms with Crippen LogP contribution in [-0.4, -0.2) is 14.4 Å². The summed E-state index contributed by atoms with van der Waals surface area (Å²) in [4.78, 5) is 11.8. The first kappa shape index (κ1) is 16.2. The lowest BCUT2D eigenvalue weighted by molar-refractivity contribution is 0.262. The van der Waals surface area contributed by atoms with Crippen LogP contribution in [0.5, 0.6) is 0 Å². The highest BCUT2D eigenvalue weighted by atomic mass is 79.9. The van der Waals surface area contributed by atoms with Gasteiger partial charge in [0.05, 0.1) is 5.69 Å². The molecule has 0 saturated carbocycles. The predicted octanol–water partition coefficient (Wildman–Crippen LogP) is 3.17. The summed E-state index contributed by atoms with van der Waals surface area (Å²) in [6, 6.07) is 9.65. The highest BCUT2D eigenvalue weighted by Crippen LogP contribution is 2.20. The molecule has 9 heteroatoms. The van der Waals surface area contributed by atoms with Gasteiger partial charge in [-0.1, -0.05) is 15.9 Å². The second-order valence-corrected chi connectivity index (χ2v) is 5.80. The van der Waals surface area contributed by atoms with Gasteiger partial charge in [-0.25, -0.2) is 17.6 Å². The fourth-order valence-electron chi connectivity index (χ4n) is 1.61. The second-order valence-electron chi connectivity index (χ2n) is 4.15. The van der Waals surface area contributed by atoms with E-state index in [-0.39, 0.29) is 5.69 Å². The second kappa shape index (κ2) is 7.23. The molecule has 2 aromatic carbocycles. The highest BCUT2D eigenvalue weighted by molar-refractivity contribution is 9.10. The number of rotatable bonds is 4. The third-order valence-corrected chi connectivity index (χ3v) is 3.48. The molecule has 0 aliphatic carbocycles. The molecular weight excluding hydrogens is 377 g/mol. The van der Waals surface area contributed by atoms with Crippen molar-refractivity contribution in [2.75, 3.05) is 15.4 Å². The molecule has 0 heterocycles. The summed E-state index contributed by atoms with van der Waals surface area (Å²) < 4.78 is 37.4. The zero-order chi connectivity index (χ0) is 16.1. The van der Waals surface area contributed by atoms with Crippen molar-refractivity contribution in [3.63, 3.8) is 0 Å². The Morgan fingerprint density at radius 1 is 1.00 bits per heavy atom. The molecule has 22 heavy (non-hydrogen) atoms. The van der Waals surface area contributed by atoms with E-state index >= 15 is 0 Å². The van der Waals surface area contributed by atoms with Crippen LogP contribution in [0.15, 0.2) is 46.9 Å². The van der Waals surface area contributed by atoms with E-state index in [0.717, 1.165) is 0 Å². The van der Waals surface area contributed by atoms with Crippen molar-refractivity contribution < 1.29 is 17.6 Å². The Bertz CT molecular complexity index is 758. The van der Waals surface area contributed by atoms with Crippen molar-refractivity contribution in [1.29, 1.82) is 0 Å². The van der Waals surface area contributed by atoms with Crippen LogP contribution in [0.3, 0.4) is 0 Å². The summed E-state index contributed by atoms with van der Waals surface area (Å²) >= 11 is 3.12. The fourth-order valence-corrected chi connectivity index (χ4v) is 2.30. The number of carbonyl (C=O) groups is 1. The Morgan fingerprint density at radius 2 is 1.64 bits per heavy atom. The van der Waals surface area contributed by atoms with Gasteiger partial charge in [0.1, 0.15) is 5.82 Å². The average Bonchev–Trinajstić information content (AvgIpc) is 2.43. The van der Waals surface area contributed by atoms with Gasteiger partial charge in [0.2, 0.25) is 10.9 Å². The predicted molar refractivity (Wildman–Crippen MR) is 87.1 cm³/mol. The third kappa shape index (κ3) is 4.71. The van der Waals surface area contributed by atoms with Crippen molar-refractivity contribution in [2.45, 2.75) is 0 Å². The number of hydrogen-bond donors (Lipinski definition) is 4. The standard InChI is InChI=1S/C13H11BrFN3O3S/c14-8-1-6-12(11(15)7-8)17-13(19)16-9-2-4-10(5-3-9)18-22(20)21/h1-7,22H,(H2,16,17,19)(H,18,20,21). The molecule has 0 saturated heterocycles. The molecule has 0 fully saturated rings. The number of amides is 2. The number of urea groups is 1. The minimum Gasteiger partial charge on any atom is -0.308 e. The van der Waals surface area contributed by atoms with Crippen molar-refractivity contribution in [2.24, 2.45) is 0 Å². The van der Waals surface area contributed by atoms with E-state index in [0.29, 0.717) is 15.8 Å². The quantitative estimate of drug-likeness (QED) is 0.607. The number of hydrogen-bond acceptors (Lipinski definition) is 3. The van der Waals surface area contributed by atoms with Gasteiger partial charge in [-0.15, -0.1) is 0 Å². The van der Waals surface area contributed by atoms with Crippen LogP contribution >= 0.6 is 15.9 Å². The molecule has 0 bridgehead atoms. The summed E-state index contributed by atoms with van der Waals surface area (Å²) in [5.74, 6) is -0.566.